The van der Waals surface area contributed by atoms with Gasteiger partial charge in [0.25, 0.3) is 0 Å². The number of carbonyl (C=O) groups is 1. The Morgan fingerprint density at radius 2 is 1.70 bits per heavy atom. The van der Waals surface area contributed by atoms with Gasteiger partial charge in [-0.25, -0.2) is 9.79 Å². The number of ether oxygens (including phenoxy) is 1. The van der Waals surface area contributed by atoms with Crippen LogP contribution >= 0.6 is 0 Å². The van der Waals surface area contributed by atoms with Crippen molar-refractivity contribution in [3.63, 3.8) is 0 Å². The van der Waals surface area contributed by atoms with Crippen LogP contribution in [-0.2, 0) is 16.7 Å². The van der Waals surface area contributed by atoms with Crippen LogP contribution in [0.4, 0.5) is 4.79 Å². The van der Waals surface area contributed by atoms with Gasteiger partial charge >= 0.3 is 6.09 Å². The lowest BCUT2D eigenvalue weighted by molar-refractivity contribution is 0.0490. The largest absolute Gasteiger partial charge is 0.444 e. The Morgan fingerprint density at radius 3 is 2.20 bits per heavy atom. The summed E-state index contributed by atoms with van der Waals surface area (Å²) in [4.78, 5) is 21.0. The van der Waals surface area contributed by atoms with E-state index in [1.54, 1.807) is 0 Å². The van der Waals surface area contributed by atoms with Gasteiger partial charge in [0.15, 0.2) is 11.8 Å². The third-order valence-electron chi connectivity index (χ3n) is 4.62. The van der Waals surface area contributed by atoms with Crippen LogP contribution < -0.4 is 16.0 Å². The lowest BCUT2D eigenvalue weighted by Crippen LogP contribution is -2.48. The van der Waals surface area contributed by atoms with E-state index in [1.165, 1.54) is 0 Å². The summed E-state index contributed by atoms with van der Waals surface area (Å²) in [7, 11) is 0. The van der Waals surface area contributed by atoms with Gasteiger partial charge in [0.1, 0.15) is 12.1 Å². The predicted molar refractivity (Wildman–Crippen MR) is 116 cm³/mol. The lowest BCUT2D eigenvalue weighted by atomic mass is 9.91. The first-order valence-corrected chi connectivity index (χ1v) is 10.8. The smallest absolute Gasteiger partial charge is 0.407 e. The number of aliphatic imine (C=N–C) groups is 1. The zero-order chi connectivity index (χ0) is 22.4. The van der Waals surface area contributed by atoms with E-state index in [0.29, 0.717) is 24.3 Å². The van der Waals surface area contributed by atoms with Gasteiger partial charge in [-0.15, -0.1) is 0 Å². The molecule has 9 heteroatoms. The molecule has 1 heterocycles. The molecule has 0 aliphatic heterocycles. The van der Waals surface area contributed by atoms with Gasteiger partial charge in [-0.05, 0) is 53.4 Å². The summed E-state index contributed by atoms with van der Waals surface area (Å²) >= 11 is 0. The van der Waals surface area contributed by atoms with Crippen molar-refractivity contribution in [3.05, 3.63) is 11.7 Å². The highest BCUT2D eigenvalue weighted by molar-refractivity contribution is 5.80. The number of nitrogens with one attached hydrogen (secondary N) is 3. The van der Waals surface area contributed by atoms with Crippen LogP contribution in [0.3, 0.4) is 0 Å². The summed E-state index contributed by atoms with van der Waals surface area (Å²) in [6.45, 7) is 14.9. The zero-order valence-electron chi connectivity index (χ0n) is 19.5. The second-order valence-corrected chi connectivity index (χ2v) is 9.80. The normalized spacial score (nSPS) is 20.6. The molecule has 1 aliphatic rings. The number of alkyl carbamates (subject to hydrolysis) is 1. The number of rotatable bonds is 5. The number of hydrogen-bond donors (Lipinski definition) is 3. The van der Waals surface area contributed by atoms with Gasteiger partial charge in [0.2, 0.25) is 5.89 Å². The maximum Gasteiger partial charge on any atom is 0.407 e. The van der Waals surface area contributed by atoms with Crippen LogP contribution in [0, 0.1) is 0 Å². The fraction of sp³-hybridized carbons (Fsp3) is 0.810. The molecule has 1 amide bonds. The maximum atomic E-state index is 12.0. The first kappa shape index (κ1) is 24.0. The Labute approximate surface area is 179 Å². The minimum Gasteiger partial charge on any atom is -0.444 e. The van der Waals surface area contributed by atoms with Crippen LogP contribution in [0.15, 0.2) is 9.52 Å². The van der Waals surface area contributed by atoms with Crippen LogP contribution in [0.1, 0.15) is 85.9 Å². The highest BCUT2D eigenvalue weighted by Gasteiger charge is 2.25. The Balaban J connectivity index is 1.84. The molecule has 1 fully saturated rings. The van der Waals surface area contributed by atoms with Gasteiger partial charge in [-0.1, -0.05) is 25.9 Å². The minimum absolute atomic E-state index is 0.146. The van der Waals surface area contributed by atoms with Crippen LogP contribution in [0.5, 0.6) is 0 Å². The molecular weight excluding hydrogens is 384 g/mol. The number of nitrogens with zero attached hydrogens (tertiary/aromatic N) is 3. The summed E-state index contributed by atoms with van der Waals surface area (Å²) in [5.74, 6) is 1.92. The van der Waals surface area contributed by atoms with Gasteiger partial charge in [0, 0.05) is 24.0 Å². The number of amides is 1. The molecule has 1 aromatic heterocycles. The minimum atomic E-state index is -0.480. The zero-order valence-corrected chi connectivity index (χ0v) is 19.5. The van der Waals surface area contributed by atoms with E-state index >= 15 is 0 Å². The quantitative estimate of drug-likeness (QED) is 0.493. The van der Waals surface area contributed by atoms with Crippen LogP contribution in [-0.4, -0.2) is 46.4 Å². The topological polar surface area (TPSA) is 114 Å². The molecule has 30 heavy (non-hydrogen) atoms. The Hall–Kier alpha value is -2.32. The van der Waals surface area contributed by atoms with Crippen molar-refractivity contribution in [3.8, 4) is 0 Å². The van der Waals surface area contributed by atoms with E-state index in [0.717, 1.165) is 38.2 Å². The fourth-order valence-electron chi connectivity index (χ4n) is 3.14. The van der Waals surface area contributed by atoms with E-state index in [2.05, 4.69) is 31.1 Å². The van der Waals surface area contributed by atoms with E-state index < -0.39 is 5.60 Å². The fourth-order valence-corrected chi connectivity index (χ4v) is 3.14. The van der Waals surface area contributed by atoms with E-state index in [9.17, 15) is 4.79 Å². The molecule has 0 saturated heterocycles. The average Bonchev–Trinajstić information content (AvgIpc) is 3.09. The number of guanidine groups is 1. The number of aromatic nitrogens is 2. The summed E-state index contributed by atoms with van der Waals surface area (Å²) in [6.07, 6.45) is 3.35. The molecule has 170 valence electrons. The van der Waals surface area contributed by atoms with Gasteiger partial charge in [-0.3, -0.25) is 0 Å². The van der Waals surface area contributed by atoms with Crippen molar-refractivity contribution in [1.82, 2.24) is 26.1 Å². The standard InChI is InChI=1S/C21H38N6O3/c1-8-22-18(23-13-16-26-17(30-27-16)20(2,3)4)24-14-9-11-15(12-10-14)25-19(28)29-21(5,6)7/h14-15H,8-13H2,1-7H3,(H,25,28)(H2,22,23,24). The molecule has 1 saturated carbocycles. The van der Waals surface area contributed by atoms with Gasteiger partial charge in [0.05, 0.1) is 0 Å². The molecule has 3 N–H and O–H groups in total. The third-order valence-corrected chi connectivity index (χ3v) is 4.62. The molecule has 0 radical (unpaired) electrons. The Kier molecular flexibility index (Phi) is 8.09. The molecular formula is C21H38N6O3. The average molecular weight is 423 g/mol. The summed E-state index contributed by atoms with van der Waals surface area (Å²) in [5.41, 5.74) is -0.657. The third kappa shape index (κ3) is 8.20. The molecule has 0 aromatic carbocycles. The summed E-state index contributed by atoms with van der Waals surface area (Å²) in [5, 5.41) is 13.8. The molecule has 2 rings (SSSR count). The highest BCUT2D eigenvalue weighted by Crippen LogP contribution is 2.20. The van der Waals surface area contributed by atoms with Crippen molar-refractivity contribution in [2.45, 2.75) is 104 Å². The van der Waals surface area contributed by atoms with Crippen molar-refractivity contribution in [2.24, 2.45) is 4.99 Å². The molecule has 9 nitrogen and oxygen atoms in total. The van der Waals surface area contributed by atoms with Crippen LogP contribution in [0.2, 0.25) is 0 Å². The first-order chi connectivity index (χ1) is 14.0. The molecule has 0 atom stereocenters. The molecule has 0 bridgehead atoms. The van der Waals surface area contributed by atoms with E-state index in [4.69, 9.17) is 9.26 Å². The molecule has 1 aliphatic carbocycles. The number of hydrogen-bond acceptors (Lipinski definition) is 6. The highest BCUT2D eigenvalue weighted by atomic mass is 16.6. The first-order valence-electron chi connectivity index (χ1n) is 10.8. The van der Waals surface area contributed by atoms with E-state index in [-0.39, 0.29) is 17.6 Å². The number of carbonyl (C=O) groups excluding carboxylic acids is 1. The van der Waals surface area contributed by atoms with Crippen molar-refractivity contribution < 1.29 is 14.1 Å². The molecule has 0 unspecified atom stereocenters. The monoisotopic (exact) mass is 422 g/mol. The molecule has 1 aromatic rings. The van der Waals surface area contributed by atoms with Crippen molar-refractivity contribution in [2.75, 3.05) is 6.54 Å². The summed E-state index contributed by atoms with van der Waals surface area (Å²) < 4.78 is 10.7. The van der Waals surface area contributed by atoms with Gasteiger partial charge < -0.3 is 25.2 Å². The van der Waals surface area contributed by atoms with E-state index in [1.807, 2.05) is 48.5 Å². The van der Waals surface area contributed by atoms with Crippen molar-refractivity contribution >= 4 is 12.1 Å². The van der Waals surface area contributed by atoms with Crippen molar-refractivity contribution in [1.29, 1.82) is 0 Å². The second kappa shape index (κ2) is 10.1. The lowest BCUT2D eigenvalue weighted by Gasteiger charge is -2.31. The maximum absolute atomic E-state index is 12.0. The summed E-state index contributed by atoms with van der Waals surface area (Å²) in [6, 6.07) is 0.447. The predicted octanol–water partition coefficient (Wildman–Crippen LogP) is 3.26. The Bertz CT molecular complexity index is 709. The SMILES string of the molecule is CCNC(=NCc1noc(C(C)(C)C)n1)NC1CCC(NC(=O)OC(C)(C)C)CC1. The van der Waals surface area contributed by atoms with Gasteiger partial charge in [-0.2, -0.15) is 4.98 Å². The van der Waals surface area contributed by atoms with Crippen LogP contribution in [0.25, 0.3) is 0 Å². The molecule has 0 spiro atoms. The Morgan fingerprint density at radius 1 is 1.10 bits per heavy atom. The second-order valence-electron chi connectivity index (χ2n) is 9.80.